The van der Waals surface area contributed by atoms with Crippen LogP contribution < -0.4 is 0 Å². The van der Waals surface area contributed by atoms with E-state index in [0.29, 0.717) is 6.42 Å². The lowest BCUT2D eigenvalue weighted by Crippen LogP contribution is -2.35. The van der Waals surface area contributed by atoms with E-state index in [9.17, 15) is 14.4 Å². The van der Waals surface area contributed by atoms with E-state index < -0.39 is 11.7 Å². The Labute approximate surface area is 114 Å². The first kappa shape index (κ1) is 13.2. The molecule has 0 unspecified atom stereocenters. The van der Waals surface area contributed by atoms with Crippen LogP contribution >= 0.6 is 23.2 Å². The fraction of sp³-hybridized carbons (Fsp3) is 0.308. The number of hydrogen-bond acceptors (Lipinski definition) is 3. The molecule has 94 valence electrons. The number of benzene rings is 1. The molecule has 0 N–H and O–H groups in total. The number of halogens is 2. The number of Topliss-reactive ketones (excluding diaryl/α,β-unsaturated/α-hetero) is 3. The van der Waals surface area contributed by atoms with Crippen LogP contribution in [0.4, 0.5) is 0 Å². The van der Waals surface area contributed by atoms with Gasteiger partial charge in [0.2, 0.25) is 0 Å². The van der Waals surface area contributed by atoms with Crippen molar-refractivity contribution in [2.75, 3.05) is 0 Å². The van der Waals surface area contributed by atoms with Gasteiger partial charge in [-0.25, -0.2) is 0 Å². The smallest absolute Gasteiger partial charge is 0.182 e. The summed E-state index contributed by atoms with van der Waals surface area (Å²) in [5.74, 6) is -2.40. The Bertz CT molecular complexity index is 521. The zero-order valence-electron chi connectivity index (χ0n) is 9.41. The van der Waals surface area contributed by atoms with Crippen LogP contribution in [0.5, 0.6) is 0 Å². The van der Waals surface area contributed by atoms with Crippen molar-refractivity contribution < 1.29 is 14.4 Å². The fourth-order valence-corrected chi connectivity index (χ4v) is 2.44. The summed E-state index contributed by atoms with van der Waals surface area (Å²) in [5.41, 5.74) is 0.137. The predicted octanol–water partition coefficient (Wildman–Crippen LogP) is 3.11. The molecule has 0 amide bonds. The lowest BCUT2D eigenvalue weighted by Gasteiger charge is -2.18. The maximum atomic E-state index is 12.2. The molecule has 1 aliphatic rings. The zero-order chi connectivity index (χ0) is 13.3. The van der Waals surface area contributed by atoms with E-state index in [-0.39, 0.29) is 40.0 Å². The molecule has 1 fully saturated rings. The molecule has 0 bridgehead atoms. The summed E-state index contributed by atoms with van der Waals surface area (Å²) in [7, 11) is 0. The molecular formula is C13H10Cl2O3. The van der Waals surface area contributed by atoms with Crippen molar-refractivity contribution in [3.05, 3.63) is 33.8 Å². The van der Waals surface area contributed by atoms with E-state index in [1.165, 1.54) is 6.07 Å². The zero-order valence-corrected chi connectivity index (χ0v) is 10.9. The van der Waals surface area contributed by atoms with Crippen LogP contribution in [0.3, 0.4) is 0 Å². The van der Waals surface area contributed by atoms with Gasteiger partial charge in [-0.05, 0) is 18.6 Å². The summed E-state index contributed by atoms with van der Waals surface area (Å²) in [4.78, 5) is 35.6. The normalized spacial score (nSPS) is 17.0. The van der Waals surface area contributed by atoms with Gasteiger partial charge in [0, 0.05) is 18.4 Å². The third-order valence-corrected chi connectivity index (χ3v) is 3.79. The van der Waals surface area contributed by atoms with Crippen LogP contribution in [-0.4, -0.2) is 17.3 Å². The molecule has 0 saturated heterocycles. The maximum absolute atomic E-state index is 12.2. The third kappa shape index (κ3) is 2.33. The molecule has 18 heavy (non-hydrogen) atoms. The highest BCUT2D eigenvalue weighted by Crippen LogP contribution is 2.29. The first-order valence-corrected chi connectivity index (χ1v) is 6.31. The molecule has 0 radical (unpaired) electrons. The minimum Gasteiger partial charge on any atom is -0.298 e. The number of ketones is 3. The van der Waals surface area contributed by atoms with Gasteiger partial charge in [0.15, 0.2) is 17.3 Å². The van der Waals surface area contributed by atoms with Gasteiger partial charge < -0.3 is 0 Å². The Morgan fingerprint density at radius 3 is 2.33 bits per heavy atom. The van der Waals surface area contributed by atoms with E-state index >= 15 is 0 Å². The van der Waals surface area contributed by atoms with Crippen LogP contribution in [0, 0.1) is 5.92 Å². The second kappa shape index (κ2) is 5.21. The van der Waals surface area contributed by atoms with E-state index in [4.69, 9.17) is 23.2 Å². The Hall–Kier alpha value is -1.19. The summed E-state index contributed by atoms with van der Waals surface area (Å²) in [6.07, 6.45) is 1.05. The molecule has 1 aromatic rings. The topological polar surface area (TPSA) is 51.2 Å². The van der Waals surface area contributed by atoms with Crippen molar-refractivity contribution in [2.45, 2.75) is 19.3 Å². The third-order valence-electron chi connectivity index (χ3n) is 2.97. The van der Waals surface area contributed by atoms with Gasteiger partial charge in [0.05, 0.1) is 10.0 Å². The van der Waals surface area contributed by atoms with Crippen molar-refractivity contribution in [3.8, 4) is 0 Å². The summed E-state index contributed by atoms with van der Waals surface area (Å²) < 4.78 is 0. The molecule has 0 aliphatic heterocycles. The van der Waals surface area contributed by atoms with Crippen LogP contribution in [0.1, 0.15) is 29.6 Å². The lowest BCUT2D eigenvalue weighted by atomic mass is 9.82. The quantitative estimate of drug-likeness (QED) is 0.619. The van der Waals surface area contributed by atoms with Crippen molar-refractivity contribution >= 4 is 40.6 Å². The van der Waals surface area contributed by atoms with Gasteiger partial charge in [-0.15, -0.1) is 0 Å². The Morgan fingerprint density at radius 2 is 1.72 bits per heavy atom. The first-order chi connectivity index (χ1) is 8.52. The number of carbonyl (C=O) groups is 3. The standard InChI is InChI=1S/C13H10Cl2O3/c14-8-4-1-3-7(12(8)15)13(18)11-9(16)5-2-6-10(11)17/h1,3-4,11H,2,5-6H2. The molecule has 1 aliphatic carbocycles. The molecule has 0 heterocycles. The molecule has 1 aromatic carbocycles. The Morgan fingerprint density at radius 1 is 1.11 bits per heavy atom. The molecular weight excluding hydrogens is 275 g/mol. The highest BCUT2D eigenvalue weighted by Gasteiger charge is 2.37. The summed E-state index contributed by atoms with van der Waals surface area (Å²) in [6, 6.07) is 4.59. The van der Waals surface area contributed by atoms with Crippen molar-refractivity contribution in [2.24, 2.45) is 5.92 Å². The summed E-state index contributed by atoms with van der Waals surface area (Å²) in [6.45, 7) is 0. The maximum Gasteiger partial charge on any atom is 0.182 e. The lowest BCUT2D eigenvalue weighted by molar-refractivity contribution is -0.133. The van der Waals surface area contributed by atoms with Crippen LogP contribution in [0.2, 0.25) is 10.0 Å². The van der Waals surface area contributed by atoms with Crippen LogP contribution in [0.25, 0.3) is 0 Å². The van der Waals surface area contributed by atoms with Crippen molar-refractivity contribution in [1.29, 1.82) is 0 Å². The van der Waals surface area contributed by atoms with E-state index in [0.717, 1.165) is 0 Å². The van der Waals surface area contributed by atoms with E-state index in [2.05, 4.69) is 0 Å². The minimum atomic E-state index is -1.20. The molecule has 0 spiro atoms. The Balaban J connectivity index is 2.39. The molecule has 0 aromatic heterocycles. The van der Waals surface area contributed by atoms with Gasteiger partial charge >= 0.3 is 0 Å². The van der Waals surface area contributed by atoms with Gasteiger partial charge in [-0.1, -0.05) is 29.3 Å². The summed E-state index contributed by atoms with van der Waals surface area (Å²) in [5, 5.41) is 0.327. The van der Waals surface area contributed by atoms with Crippen LogP contribution in [-0.2, 0) is 9.59 Å². The second-order valence-corrected chi connectivity index (χ2v) is 4.97. The number of hydrogen-bond donors (Lipinski definition) is 0. The van der Waals surface area contributed by atoms with Gasteiger partial charge in [0.1, 0.15) is 5.92 Å². The first-order valence-electron chi connectivity index (χ1n) is 5.56. The van der Waals surface area contributed by atoms with Crippen molar-refractivity contribution in [3.63, 3.8) is 0 Å². The number of carbonyl (C=O) groups excluding carboxylic acids is 3. The van der Waals surface area contributed by atoms with E-state index in [1.54, 1.807) is 12.1 Å². The molecule has 5 heteroatoms. The molecule has 2 rings (SSSR count). The molecule has 3 nitrogen and oxygen atoms in total. The average molecular weight is 285 g/mol. The molecule has 1 saturated carbocycles. The molecule has 0 atom stereocenters. The van der Waals surface area contributed by atoms with Crippen LogP contribution in [0.15, 0.2) is 18.2 Å². The Kier molecular flexibility index (Phi) is 3.83. The minimum absolute atomic E-state index is 0.0929. The largest absolute Gasteiger partial charge is 0.298 e. The van der Waals surface area contributed by atoms with Gasteiger partial charge in [-0.2, -0.15) is 0 Å². The predicted molar refractivity (Wildman–Crippen MR) is 68.1 cm³/mol. The monoisotopic (exact) mass is 284 g/mol. The highest BCUT2D eigenvalue weighted by molar-refractivity contribution is 6.44. The van der Waals surface area contributed by atoms with Crippen molar-refractivity contribution in [1.82, 2.24) is 0 Å². The SMILES string of the molecule is O=C1CCCC(=O)C1C(=O)c1cccc(Cl)c1Cl. The fourth-order valence-electron chi connectivity index (χ4n) is 2.05. The van der Waals surface area contributed by atoms with Gasteiger partial charge in [0.25, 0.3) is 0 Å². The second-order valence-electron chi connectivity index (χ2n) is 4.18. The summed E-state index contributed by atoms with van der Waals surface area (Å²) >= 11 is 11.7. The van der Waals surface area contributed by atoms with E-state index in [1.807, 2.05) is 0 Å². The number of rotatable bonds is 2. The average Bonchev–Trinajstić information content (AvgIpc) is 2.32. The highest BCUT2D eigenvalue weighted by atomic mass is 35.5. The van der Waals surface area contributed by atoms with Gasteiger partial charge in [-0.3, -0.25) is 14.4 Å².